The van der Waals surface area contributed by atoms with E-state index < -0.39 is 11.6 Å². The van der Waals surface area contributed by atoms with Crippen molar-refractivity contribution in [1.82, 2.24) is 0 Å². The van der Waals surface area contributed by atoms with Crippen molar-refractivity contribution in [2.24, 2.45) is 5.73 Å². The molecule has 0 heterocycles. The van der Waals surface area contributed by atoms with Gasteiger partial charge in [-0.1, -0.05) is 12.8 Å². The highest BCUT2D eigenvalue weighted by atomic mass is 19.1. The fourth-order valence-corrected chi connectivity index (χ4v) is 2.29. The Morgan fingerprint density at radius 3 is 2.59 bits per heavy atom. The average Bonchev–Trinajstić information content (AvgIpc) is 2.69. The summed E-state index contributed by atoms with van der Waals surface area (Å²) in [5.74, 6) is -1.17. The molecule has 1 aromatic carbocycles. The van der Waals surface area contributed by atoms with Crippen LogP contribution in [-0.2, 0) is 0 Å². The predicted molar refractivity (Wildman–Crippen MR) is 61.9 cm³/mol. The minimum Gasteiger partial charge on any atom is -0.490 e. The van der Waals surface area contributed by atoms with Gasteiger partial charge in [0.2, 0.25) is 0 Å². The lowest BCUT2D eigenvalue weighted by Crippen LogP contribution is -2.37. The van der Waals surface area contributed by atoms with Gasteiger partial charge in [0.15, 0.2) is 11.6 Å². The first-order chi connectivity index (χ1) is 8.09. The molecule has 1 saturated carbocycles. The quantitative estimate of drug-likeness (QED) is 0.879. The fraction of sp³-hybridized carbons (Fsp3) is 0.538. The lowest BCUT2D eigenvalue weighted by atomic mass is 9.95. The molecule has 1 aliphatic carbocycles. The van der Waals surface area contributed by atoms with Crippen LogP contribution in [0, 0.1) is 11.6 Å². The van der Waals surface area contributed by atoms with Crippen molar-refractivity contribution in [2.75, 3.05) is 6.61 Å². The van der Waals surface area contributed by atoms with Gasteiger partial charge in [0.25, 0.3) is 0 Å². The van der Waals surface area contributed by atoms with E-state index in [9.17, 15) is 8.78 Å². The van der Waals surface area contributed by atoms with Gasteiger partial charge >= 0.3 is 0 Å². The average molecular weight is 241 g/mol. The number of halogens is 2. The van der Waals surface area contributed by atoms with Crippen LogP contribution < -0.4 is 10.5 Å². The molecule has 2 rings (SSSR count). The zero-order chi connectivity index (χ0) is 12.3. The maximum absolute atomic E-state index is 13.3. The summed E-state index contributed by atoms with van der Waals surface area (Å²) in [6.45, 7) is 0.374. The molecule has 0 radical (unpaired) electrons. The Bertz CT molecular complexity index is 389. The molecule has 0 aliphatic heterocycles. The third-order valence-corrected chi connectivity index (χ3v) is 3.35. The van der Waals surface area contributed by atoms with Crippen molar-refractivity contribution >= 4 is 0 Å². The van der Waals surface area contributed by atoms with Gasteiger partial charge in [-0.2, -0.15) is 0 Å². The predicted octanol–water partition coefficient (Wildman–Crippen LogP) is 3.01. The molecule has 0 spiro atoms. The highest BCUT2D eigenvalue weighted by molar-refractivity contribution is 5.24. The van der Waals surface area contributed by atoms with Crippen LogP contribution in [0.3, 0.4) is 0 Å². The minimum atomic E-state index is -0.664. The van der Waals surface area contributed by atoms with E-state index in [2.05, 4.69) is 0 Å². The van der Waals surface area contributed by atoms with Gasteiger partial charge in [-0.05, 0) is 31.4 Å². The Morgan fingerprint density at radius 2 is 1.94 bits per heavy atom. The summed E-state index contributed by atoms with van der Waals surface area (Å²) in [6, 6.07) is 3.32. The third kappa shape index (κ3) is 3.16. The molecule has 0 bridgehead atoms. The van der Waals surface area contributed by atoms with Gasteiger partial charge in [-0.15, -0.1) is 0 Å². The maximum atomic E-state index is 13.3. The molecule has 1 aromatic rings. The minimum absolute atomic E-state index is 0.0907. The summed E-state index contributed by atoms with van der Waals surface area (Å²) < 4.78 is 31.2. The molecule has 1 aliphatic rings. The van der Waals surface area contributed by atoms with Crippen molar-refractivity contribution in [2.45, 2.75) is 37.6 Å². The van der Waals surface area contributed by atoms with Gasteiger partial charge in [0, 0.05) is 11.6 Å². The molecule has 4 heteroatoms. The van der Waals surface area contributed by atoms with E-state index in [0.717, 1.165) is 31.7 Å². The Labute approximate surface area is 99.8 Å². The molecule has 0 atom stereocenters. The Kier molecular flexibility index (Phi) is 3.62. The van der Waals surface area contributed by atoms with Crippen LogP contribution in [-0.4, -0.2) is 12.1 Å². The standard InChI is InChI=1S/C13H17F2NO/c14-10-3-4-12(11(15)9-10)17-8-7-13(16)5-1-2-6-13/h3-4,9H,1-2,5-8,16H2. The van der Waals surface area contributed by atoms with Crippen LogP contribution in [0.4, 0.5) is 8.78 Å². The van der Waals surface area contributed by atoms with Gasteiger partial charge in [-0.3, -0.25) is 0 Å². The molecular formula is C13H17F2NO. The summed E-state index contributed by atoms with van der Waals surface area (Å²) in [5, 5.41) is 0. The van der Waals surface area contributed by atoms with E-state index >= 15 is 0 Å². The van der Waals surface area contributed by atoms with Gasteiger partial charge in [0.05, 0.1) is 6.61 Å². The maximum Gasteiger partial charge on any atom is 0.167 e. The normalized spacial score (nSPS) is 18.3. The zero-order valence-electron chi connectivity index (χ0n) is 9.72. The van der Waals surface area contributed by atoms with E-state index in [1.165, 1.54) is 12.1 Å². The molecule has 17 heavy (non-hydrogen) atoms. The van der Waals surface area contributed by atoms with Crippen LogP contribution in [0.25, 0.3) is 0 Å². The van der Waals surface area contributed by atoms with Crippen LogP contribution in [0.5, 0.6) is 5.75 Å². The van der Waals surface area contributed by atoms with Crippen molar-refractivity contribution in [3.63, 3.8) is 0 Å². The highest BCUT2D eigenvalue weighted by Gasteiger charge is 2.28. The third-order valence-electron chi connectivity index (χ3n) is 3.35. The molecule has 2 N–H and O–H groups in total. The van der Waals surface area contributed by atoms with Crippen LogP contribution in [0.15, 0.2) is 18.2 Å². The fourth-order valence-electron chi connectivity index (χ4n) is 2.29. The summed E-state index contributed by atoms with van der Waals surface area (Å²) in [4.78, 5) is 0. The Hall–Kier alpha value is -1.16. The molecule has 94 valence electrons. The highest BCUT2D eigenvalue weighted by Crippen LogP contribution is 2.30. The largest absolute Gasteiger partial charge is 0.490 e. The molecule has 0 amide bonds. The van der Waals surface area contributed by atoms with E-state index in [0.29, 0.717) is 13.0 Å². The number of ether oxygens (including phenoxy) is 1. The zero-order valence-corrected chi connectivity index (χ0v) is 9.72. The summed E-state index contributed by atoms with van der Waals surface area (Å²) in [5.41, 5.74) is 6.00. The second kappa shape index (κ2) is 5.00. The lowest BCUT2D eigenvalue weighted by Gasteiger charge is -2.23. The van der Waals surface area contributed by atoms with Crippen molar-refractivity contribution in [3.8, 4) is 5.75 Å². The first-order valence-corrected chi connectivity index (χ1v) is 5.96. The molecule has 0 unspecified atom stereocenters. The number of nitrogens with two attached hydrogens (primary N) is 1. The number of rotatable bonds is 4. The van der Waals surface area contributed by atoms with E-state index in [4.69, 9.17) is 10.5 Å². The molecule has 2 nitrogen and oxygen atoms in total. The lowest BCUT2D eigenvalue weighted by molar-refractivity contribution is 0.249. The monoisotopic (exact) mass is 241 g/mol. The van der Waals surface area contributed by atoms with E-state index in [-0.39, 0.29) is 11.3 Å². The smallest absolute Gasteiger partial charge is 0.167 e. The first-order valence-electron chi connectivity index (χ1n) is 5.96. The second-order valence-corrected chi connectivity index (χ2v) is 4.74. The van der Waals surface area contributed by atoms with Gasteiger partial charge in [0.1, 0.15) is 5.82 Å². The molecule has 1 fully saturated rings. The topological polar surface area (TPSA) is 35.2 Å². The van der Waals surface area contributed by atoms with Crippen LogP contribution in [0.2, 0.25) is 0 Å². The summed E-state index contributed by atoms with van der Waals surface area (Å²) in [7, 11) is 0. The van der Waals surface area contributed by atoms with Crippen molar-refractivity contribution in [1.29, 1.82) is 0 Å². The number of hydrogen-bond acceptors (Lipinski definition) is 2. The molecule has 0 aromatic heterocycles. The van der Waals surface area contributed by atoms with Gasteiger partial charge in [-0.25, -0.2) is 8.78 Å². The summed E-state index contributed by atoms with van der Waals surface area (Å²) in [6.07, 6.45) is 5.02. The first kappa shape index (κ1) is 12.3. The SMILES string of the molecule is NC1(CCOc2ccc(F)cc2F)CCCC1. The Morgan fingerprint density at radius 1 is 1.24 bits per heavy atom. The molecule has 0 saturated heterocycles. The second-order valence-electron chi connectivity index (χ2n) is 4.74. The molecular weight excluding hydrogens is 224 g/mol. The van der Waals surface area contributed by atoms with E-state index in [1.54, 1.807) is 0 Å². The number of hydrogen-bond donors (Lipinski definition) is 1. The van der Waals surface area contributed by atoms with Crippen LogP contribution in [0.1, 0.15) is 32.1 Å². The Balaban J connectivity index is 1.85. The van der Waals surface area contributed by atoms with Crippen molar-refractivity contribution < 1.29 is 13.5 Å². The van der Waals surface area contributed by atoms with Crippen LogP contribution >= 0.6 is 0 Å². The summed E-state index contributed by atoms with van der Waals surface area (Å²) >= 11 is 0. The number of benzene rings is 1. The van der Waals surface area contributed by atoms with Crippen molar-refractivity contribution in [3.05, 3.63) is 29.8 Å². The van der Waals surface area contributed by atoms with Gasteiger partial charge < -0.3 is 10.5 Å². The van der Waals surface area contributed by atoms with E-state index in [1.807, 2.05) is 0 Å².